The average Bonchev–Trinajstić information content (AvgIpc) is 2.67. The number of benzene rings is 2. The van der Waals surface area contributed by atoms with Crippen LogP contribution in [-0.4, -0.2) is 30.8 Å². The van der Waals surface area contributed by atoms with Crippen LogP contribution in [0, 0.1) is 0 Å². The summed E-state index contributed by atoms with van der Waals surface area (Å²) >= 11 is 6.08. The third-order valence-electron chi connectivity index (χ3n) is 3.84. The molecule has 1 atom stereocenters. The van der Waals surface area contributed by atoms with E-state index in [1.165, 1.54) is 0 Å². The Morgan fingerprint density at radius 2 is 1.59 bits per heavy atom. The lowest BCUT2D eigenvalue weighted by Crippen LogP contribution is -2.39. The number of carbonyl (C=O) groups is 3. The van der Waals surface area contributed by atoms with Crippen LogP contribution >= 0.6 is 11.6 Å². The predicted molar refractivity (Wildman–Crippen MR) is 104 cm³/mol. The van der Waals surface area contributed by atoms with Gasteiger partial charge in [-0.15, -0.1) is 0 Å². The van der Waals surface area contributed by atoms with Gasteiger partial charge in [0.2, 0.25) is 11.8 Å². The molecule has 0 aromatic heterocycles. The highest BCUT2D eigenvalue weighted by Crippen LogP contribution is 2.20. The molecule has 0 heterocycles. The fourth-order valence-electron chi connectivity index (χ4n) is 2.52. The van der Waals surface area contributed by atoms with Crippen molar-refractivity contribution in [3.63, 3.8) is 0 Å². The van der Waals surface area contributed by atoms with Crippen molar-refractivity contribution in [2.24, 2.45) is 0 Å². The molecule has 0 aliphatic carbocycles. The molecule has 2 aromatic rings. The van der Waals surface area contributed by atoms with Crippen LogP contribution in [0.3, 0.4) is 0 Å². The fraction of sp³-hybridized carbons (Fsp3) is 0.250. The molecule has 2 aromatic carbocycles. The van der Waals surface area contributed by atoms with Crippen LogP contribution in [0.15, 0.2) is 54.6 Å². The van der Waals surface area contributed by atoms with Gasteiger partial charge < -0.3 is 16.0 Å². The summed E-state index contributed by atoms with van der Waals surface area (Å²) in [5, 5.41) is 8.36. The maximum atomic E-state index is 12.6. The van der Waals surface area contributed by atoms with E-state index in [1.54, 1.807) is 31.2 Å². The van der Waals surface area contributed by atoms with Crippen molar-refractivity contribution in [3.8, 4) is 0 Å². The van der Waals surface area contributed by atoms with Crippen LogP contribution in [0.2, 0.25) is 5.02 Å². The third kappa shape index (κ3) is 6.42. The minimum absolute atomic E-state index is 0.000386. The Bertz CT molecular complexity index is 796. The molecule has 0 spiro atoms. The number of halogens is 1. The van der Waals surface area contributed by atoms with Crippen LogP contribution in [0.5, 0.6) is 0 Å². The monoisotopic (exact) mass is 387 g/mol. The Hall–Kier alpha value is -2.86. The molecule has 2 rings (SSSR count). The molecule has 0 saturated heterocycles. The quantitative estimate of drug-likeness (QED) is 0.650. The van der Waals surface area contributed by atoms with E-state index in [0.717, 1.165) is 5.56 Å². The smallest absolute Gasteiger partial charge is 0.253 e. The molecule has 7 heteroatoms. The first-order chi connectivity index (χ1) is 13.0. The van der Waals surface area contributed by atoms with Gasteiger partial charge >= 0.3 is 0 Å². The van der Waals surface area contributed by atoms with E-state index < -0.39 is 6.04 Å². The van der Waals surface area contributed by atoms with Gasteiger partial charge in [-0.05, 0) is 24.6 Å². The summed E-state index contributed by atoms with van der Waals surface area (Å²) in [6.07, 6.45) is -0.000386. The second-order valence-electron chi connectivity index (χ2n) is 5.85. The van der Waals surface area contributed by atoms with Crippen LogP contribution in [0.1, 0.15) is 35.3 Å². The molecule has 0 bridgehead atoms. The van der Waals surface area contributed by atoms with Crippen LogP contribution in [0.4, 0.5) is 0 Å². The molecule has 1 unspecified atom stereocenters. The first-order valence-electron chi connectivity index (χ1n) is 8.65. The van der Waals surface area contributed by atoms with Crippen molar-refractivity contribution in [1.82, 2.24) is 16.0 Å². The Kier molecular flexibility index (Phi) is 7.82. The van der Waals surface area contributed by atoms with Gasteiger partial charge in [0, 0.05) is 6.54 Å². The molecule has 0 aliphatic rings. The van der Waals surface area contributed by atoms with E-state index >= 15 is 0 Å². The molecular weight excluding hydrogens is 366 g/mol. The molecule has 142 valence electrons. The number of hydrogen-bond donors (Lipinski definition) is 3. The Balaban J connectivity index is 2.08. The zero-order valence-electron chi connectivity index (χ0n) is 15.0. The van der Waals surface area contributed by atoms with Gasteiger partial charge in [-0.3, -0.25) is 14.4 Å². The van der Waals surface area contributed by atoms with Gasteiger partial charge in [0.05, 0.1) is 29.6 Å². The van der Waals surface area contributed by atoms with E-state index in [0.29, 0.717) is 17.1 Å². The van der Waals surface area contributed by atoms with E-state index in [2.05, 4.69) is 16.0 Å². The molecule has 0 radical (unpaired) electrons. The van der Waals surface area contributed by atoms with E-state index in [4.69, 9.17) is 11.6 Å². The summed E-state index contributed by atoms with van der Waals surface area (Å²) in [7, 11) is 0. The number of likely N-dealkylation sites (N-methyl/N-ethyl adjacent to an activating group) is 1. The van der Waals surface area contributed by atoms with Crippen LogP contribution in [-0.2, 0) is 9.59 Å². The minimum atomic E-state index is -0.552. The highest BCUT2D eigenvalue weighted by Gasteiger charge is 2.20. The highest BCUT2D eigenvalue weighted by atomic mass is 35.5. The van der Waals surface area contributed by atoms with E-state index in [1.807, 2.05) is 30.3 Å². The zero-order valence-corrected chi connectivity index (χ0v) is 15.8. The number of nitrogens with one attached hydrogen (secondary N) is 3. The van der Waals surface area contributed by atoms with E-state index in [-0.39, 0.29) is 30.7 Å². The van der Waals surface area contributed by atoms with Crippen LogP contribution in [0.25, 0.3) is 0 Å². The SMILES string of the molecule is CCNC(=O)CNC(=O)CC(NC(=O)c1ccccc1Cl)c1ccccc1. The number of carbonyl (C=O) groups excluding carboxylic acids is 3. The largest absolute Gasteiger partial charge is 0.355 e. The standard InChI is InChI=1S/C20H22ClN3O3/c1-2-22-19(26)13-23-18(25)12-17(14-8-4-3-5-9-14)24-20(27)15-10-6-7-11-16(15)21/h3-11,17H,2,12-13H2,1H3,(H,22,26)(H,23,25)(H,24,27). The zero-order chi connectivity index (χ0) is 19.6. The van der Waals surface area contributed by atoms with Crippen molar-refractivity contribution < 1.29 is 14.4 Å². The summed E-state index contributed by atoms with van der Waals surface area (Å²) in [5.41, 5.74) is 1.12. The average molecular weight is 388 g/mol. The first-order valence-corrected chi connectivity index (χ1v) is 9.02. The molecular formula is C20H22ClN3O3. The molecule has 0 fully saturated rings. The Labute approximate surface area is 163 Å². The van der Waals surface area contributed by atoms with Crippen molar-refractivity contribution in [2.75, 3.05) is 13.1 Å². The van der Waals surface area contributed by atoms with Gasteiger partial charge in [-0.25, -0.2) is 0 Å². The molecule has 3 N–H and O–H groups in total. The molecule has 27 heavy (non-hydrogen) atoms. The van der Waals surface area contributed by atoms with Gasteiger partial charge in [0.15, 0.2) is 0 Å². The summed E-state index contributed by atoms with van der Waals surface area (Å²) in [6, 6.07) is 15.3. The van der Waals surface area contributed by atoms with Crippen molar-refractivity contribution >= 4 is 29.3 Å². The summed E-state index contributed by atoms with van der Waals surface area (Å²) < 4.78 is 0. The lowest BCUT2D eigenvalue weighted by Gasteiger charge is -2.19. The Morgan fingerprint density at radius 3 is 2.26 bits per heavy atom. The summed E-state index contributed by atoms with van der Waals surface area (Å²) in [4.78, 5) is 36.3. The first kappa shape index (κ1) is 20.5. The van der Waals surface area contributed by atoms with Gasteiger partial charge in [-0.2, -0.15) is 0 Å². The van der Waals surface area contributed by atoms with Crippen molar-refractivity contribution in [1.29, 1.82) is 0 Å². The molecule has 3 amide bonds. The Morgan fingerprint density at radius 1 is 0.926 bits per heavy atom. The summed E-state index contributed by atoms with van der Waals surface area (Å²) in [5.74, 6) is -0.970. The van der Waals surface area contributed by atoms with Crippen LogP contribution < -0.4 is 16.0 Å². The number of rotatable bonds is 8. The van der Waals surface area contributed by atoms with Crippen molar-refractivity contribution in [3.05, 3.63) is 70.7 Å². The second kappa shape index (κ2) is 10.3. The molecule has 6 nitrogen and oxygen atoms in total. The maximum Gasteiger partial charge on any atom is 0.253 e. The lowest BCUT2D eigenvalue weighted by atomic mass is 10.0. The number of amides is 3. The molecule has 0 aliphatic heterocycles. The van der Waals surface area contributed by atoms with E-state index in [9.17, 15) is 14.4 Å². The maximum absolute atomic E-state index is 12.6. The fourth-order valence-corrected chi connectivity index (χ4v) is 2.74. The van der Waals surface area contributed by atoms with Gasteiger partial charge in [-0.1, -0.05) is 54.1 Å². The topological polar surface area (TPSA) is 87.3 Å². The number of hydrogen-bond acceptors (Lipinski definition) is 3. The summed E-state index contributed by atoms with van der Waals surface area (Å²) in [6.45, 7) is 2.19. The molecule has 0 saturated carbocycles. The third-order valence-corrected chi connectivity index (χ3v) is 4.16. The van der Waals surface area contributed by atoms with Gasteiger partial charge in [0.25, 0.3) is 5.91 Å². The highest BCUT2D eigenvalue weighted by molar-refractivity contribution is 6.33. The normalized spacial score (nSPS) is 11.3. The predicted octanol–water partition coefficient (Wildman–Crippen LogP) is 2.45. The van der Waals surface area contributed by atoms with Gasteiger partial charge in [0.1, 0.15) is 0 Å². The second-order valence-corrected chi connectivity index (χ2v) is 6.26. The lowest BCUT2D eigenvalue weighted by molar-refractivity contribution is -0.126. The minimum Gasteiger partial charge on any atom is -0.355 e. The van der Waals surface area contributed by atoms with Crippen molar-refractivity contribution in [2.45, 2.75) is 19.4 Å².